The third kappa shape index (κ3) is 5.09. The van der Waals surface area contributed by atoms with Gasteiger partial charge in [-0.05, 0) is 36.4 Å². The predicted molar refractivity (Wildman–Crippen MR) is 118 cm³/mol. The molecule has 3 aromatic heterocycles. The highest BCUT2D eigenvalue weighted by Crippen LogP contribution is 2.30. The van der Waals surface area contributed by atoms with E-state index in [9.17, 15) is 0 Å². The third-order valence-corrected chi connectivity index (χ3v) is 4.75. The normalized spacial score (nSPS) is 10.5. The molecule has 0 atom stereocenters. The van der Waals surface area contributed by atoms with Crippen LogP contribution in [-0.2, 0) is 0 Å². The number of nitrogens with zero attached hydrogens (tertiary/aromatic N) is 5. The van der Waals surface area contributed by atoms with Gasteiger partial charge in [0.1, 0.15) is 24.2 Å². The van der Waals surface area contributed by atoms with Gasteiger partial charge in [-0.2, -0.15) is 10.2 Å². The number of aromatic nitrogens is 5. The molecule has 0 radical (unpaired) electrons. The van der Waals surface area contributed by atoms with Crippen LogP contribution in [0, 0.1) is 11.3 Å². The molecule has 0 aliphatic heterocycles. The number of halogens is 2. The Hall–Kier alpha value is -3.67. The largest absolute Gasteiger partial charge is 0.462 e. The van der Waals surface area contributed by atoms with Crippen molar-refractivity contribution in [3.8, 4) is 34.9 Å². The molecule has 0 aliphatic carbocycles. The van der Waals surface area contributed by atoms with Crippen molar-refractivity contribution in [2.45, 2.75) is 0 Å². The monoisotopic (exact) mass is 451 g/mol. The zero-order valence-corrected chi connectivity index (χ0v) is 17.5. The van der Waals surface area contributed by atoms with E-state index in [1.54, 1.807) is 42.7 Å². The number of nitrogens with one attached hydrogen (secondary N) is 2. The van der Waals surface area contributed by atoms with E-state index in [-0.39, 0.29) is 6.01 Å². The summed E-state index contributed by atoms with van der Waals surface area (Å²) in [5.74, 6) is 1.22. The minimum atomic E-state index is 0.231. The summed E-state index contributed by atoms with van der Waals surface area (Å²) in [5, 5.41) is 13.0. The van der Waals surface area contributed by atoms with Crippen molar-refractivity contribution in [3.63, 3.8) is 0 Å². The molecule has 2 N–H and O–H groups in total. The Bertz CT molecular complexity index is 1240. The molecule has 0 unspecified atom stereocenters. The Morgan fingerprint density at radius 1 is 1.06 bits per heavy atom. The second kappa shape index (κ2) is 9.43. The standard InChI is InChI=1S/C21H15Cl2N7O/c22-14-2-3-15(16(23)9-14)18-12-28-20(29-18)17-5-6-26-21(30-17)31-8-7-25-19-4-1-13(10-24)11-27-19/h1-6,9,11-12H,7-8H2,(H,25,27)(H,28,29). The van der Waals surface area contributed by atoms with E-state index >= 15 is 0 Å². The van der Waals surface area contributed by atoms with Crippen LogP contribution in [0.3, 0.4) is 0 Å². The number of imidazole rings is 1. The first-order valence-corrected chi connectivity index (χ1v) is 9.94. The maximum atomic E-state index is 8.79. The van der Waals surface area contributed by atoms with Gasteiger partial charge >= 0.3 is 6.01 Å². The van der Waals surface area contributed by atoms with Crippen molar-refractivity contribution in [3.05, 3.63) is 70.6 Å². The van der Waals surface area contributed by atoms with E-state index in [2.05, 4.69) is 30.2 Å². The smallest absolute Gasteiger partial charge is 0.317 e. The van der Waals surface area contributed by atoms with E-state index < -0.39 is 0 Å². The molecule has 154 valence electrons. The van der Waals surface area contributed by atoms with E-state index in [0.717, 1.165) is 11.3 Å². The van der Waals surface area contributed by atoms with Gasteiger partial charge < -0.3 is 15.0 Å². The zero-order valence-electron chi connectivity index (χ0n) is 16.0. The lowest BCUT2D eigenvalue weighted by molar-refractivity contribution is 0.306. The van der Waals surface area contributed by atoms with E-state index in [0.29, 0.717) is 46.1 Å². The van der Waals surface area contributed by atoms with E-state index in [4.69, 9.17) is 33.2 Å². The van der Waals surface area contributed by atoms with E-state index in [1.807, 2.05) is 12.1 Å². The second-order valence-corrected chi connectivity index (χ2v) is 7.16. The van der Waals surface area contributed by atoms with Gasteiger partial charge in [-0.3, -0.25) is 0 Å². The minimum Gasteiger partial charge on any atom is -0.462 e. The molecule has 0 aliphatic rings. The number of aromatic amines is 1. The fraction of sp³-hybridized carbons (Fsp3) is 0.0952. The fourth-order valence-electron chi connectivity index (χ4n) is 2.72. The quantitative estimate of drug-likeness (QED) is 0.394. The summed E-state index contributed by atoms with van der Waals surface area (Å²) in [6, 6.07) is 12.7. The number of pyridine rings is 1. The SMILES string of the molecule is N#Cc1ccc(NCCOc2nccc(-c3ncc(-c4ccc(Cl)cc4Cl)[nH]3)n2)nc1. The Labute approximate surface area is 187 Å². The highest BCUT2D eigenvalue weighted by Gasteiger charge is 2.11. The van der Waals surface area contributed by atoms with Crippen LogP contribution < -0.4 is 10.1 Å². The van der Waals surface area contributed by atoms with Crippen molar-refractivity contribution in [1.29, 1.82) is 5.26 Å². The molecule has 4 rings (SSSR count). The lowest BCUT2D eigenvalue weighted by Crippen LogP contribution is -2.13. The molecule has 3 heterocycles. The van der Waals surface area contributed by atoms with Crippen LogP contribution in [0.4, 0.5) is 5.82 Å². The van der Waals surface area contributed by atoms with Crippen LogP contribution in [0.5, 0.6) is 6.01 Å². The van der Waals surface area contributed by atoms with Gasteiger partial charge in [0, 0.05) is 23.0 Å². The second-order valence-electron chi connectivity index (χ2n) is 6.31. The highest BCUT2D eigenvalue weighted by molar-refractivity contribution is 6.36. The summed E-state index contributed by atoms with van der Waals surface area (Å²) in [5.41, 5.74) is 2.63. The summed E-state index contributed by atoms with van der Waals surface area (Å²) in [6.07, 6.45) is 4.79. The van der Waals surface area contributed by atoms with Crippen LogP contribution in [-0.4, -0.2) is 38.1 Å². The first-order chi connectivity index (χ1) is 15.1. The first kappa shape index (κ1) is 20.6. The van der Waals surface area contributed by atoms with Crippen molar-refractivity contribution in [2.75, 3.05) is 18.5 Å². The van der Waals surface area contributed by atoms with Crippen LogP contribution in [0.15, 0.2) is 55.0 Å². The van der Waals surface area contributed by atoms with Crippen molar-refractivity contribution < 1.29 is 4.74 Å². The predicted octanol–water partition coefficient (Wildman–Crippen LogP) is 4.60. The van der Waals surface area contributed by atoms with Gasteiger partial charge in [0.25, 0.3) is 0 Å². The lowest BCUT2D eigenvalue weighted by atomic mass is 10.2. The zero-order chi connectivity index (χ0) is 21.6. The van der Waals surface area contributed by atoms with Crippen LogP contribution in [0.25, 0.3) is 22.8 Å². The highest BCUT2D eigenvalue weighted by atomic mass is 35.5. The first-order valence-electron chi connectivity index (χ1n) is 9.19. The summed E-state index contributed by atoms with van der Waals surface area (Å²) < 4.78 is 5.62. The fourth-order valence-corrected chi connectivity index (χ4v) is 3.23. The molecule has 0 spiro atoms. The number of rotatable bonds is 7. The van der Waals surface area contributed by atoms with Crippen LogP contribution in [0.2, 0.25) is 10.0 Å². The molecule has 0 saturated carbocycles. The van der Waals surface area contributed by atoms with Gasteiger partial charge in [0.05, 0.1) is 29.0 Å². The topological polar surface area (TPSA) is 112 Å². The molecule has 0 fully saturated rings. The Morgan fingerprint density at radius 2 is 1.97 bits per heavy atom. The van der Waals surface area contributed by atoms with Crippen LogP contribution in [0.1, 0.15) is 5.56 Å². The van der Waals surface area contributed by atoms with Gasteiger partial charge in [-0.1, -0.05) is 23.2 Å². The molecule has 8 nitrogen and oxygen atoms in total. The van der Waals surface area contributed by atoms with Crippen LogP contribution >= 0.6 is 23.2 Å². The molecular weight excluding hydrogens is 437 g/mol. The Kier molecular flexibility index (Phi) is 6.26. The summed E-state index contributed by atoms with van der Waals surface area (Å²) in [4.78, 5) is 20.2. The molecule has 31 heavy (non-hydrogen) atoms. The van der Waals surface area contributed by atoms with E-state index in [1.165, 1.54) is 6.20 Å². The van der Waals surface area contributed by atoms with Gasteiger partial charge in [0.2, 0.25) is 0 Å². The molecule has 0 saturated heterocycles. The summed E-state index contributed by atoms with van der Waals surface area (Å²) >= 11 is 12.2. The number of anilines is 1. The lowest BCUT2D eigenvalue weighted by Gasteiger charge is -2.07. The van der Waals surface area contributed by atoms with Gasteiger partial charge in [-0.15, -0.1) is 0 Å². The van der Waals surface area contributed by atoms with Gasteiger partial charge in [-0.25, -0.2) is 15.0 Å². The number of benzene rings is 1. The molecule has 1 aromatic carbocycles. The maximum absolute atomic E-state index is 8.79. The molecule has 10 heteroatoms. The Balaban J connectivity index is 1.38. The Morgan fingerprint density at radius 3 is 2.74 bits per heavy atom. The average molecular weight is 452 g/mol. The third-order valence-electron chi connectivity index (χ3n) is 4.21. The van der Waals surface area contributed by atoms with Crippen molar-refractivity contribution in [2.24, 2.45) is 0 Å². The maximum Gasteiger partial charge on any atom is 0.317 e. The average Bonchev–Trinajstić information content (AvgIpc) is 3.27. The number of hydrogen-bond acceptors (Lipinski definition) is 7. The number of ether oxygens (including phenoxy) is 1. The van der Waals surface area contributed by atoms with Crippen molar-refractivity contribution >= 4 is 29.0 Å². The molecule has 0 bridgehead atoms. The van der Waals surface area contributed by atoms with Gasteiger partial charge in [0.15, 0.2) is 5.82 Å². The number of nitriles is 1. The number of H-pyrrole nitrogens is 1. The van der Waals surface area contributed by atoms with Crippen molar-refractivity contribution in [1.82, 2.24) is 24.9 Å². The minimum absolute atomic E-state index is 0.231. The molecular formula is C21H15Cl2N7O. The number of hydrogen-bond donors (Lipinski definition) is 2. The molecule has 4 aromatic rings. The summed E-state index contributed by atoms with van der Waals surface area (Å²) in [7, 11) is 0. The molecule has 0 amide bonds. The summed E-state index contributed by atoms with van der Waals surface area (Å²) in [6.45, 7) is 0.821.